The van der Waals surface area contributed by atoms with Crippen LogP contribution in [0.15, 0.2) is 0 Å². The van der Waals surface area contributed by atoms with Gasteiger partial charge < -0.3 is 0 Å². The third-order valence-corrected chi connectivity index (χ3v) is 2.78. The summed E-state index contributed by atoms with van der Waals surface area (Å²) in [4.78, 5) is 0. The summed E-state index contributed by atoms with van der Waals surface area (Å²) in [6, 6.07) is 0.601. The Hall–Kier alpha value is -0.0800. The lowest BCUT2D eigenvalue weighted by Gasteiger charge is -2.30. The van der Waals surface area contributed by atoms with E-state index in [1.807, 2.05) is 0 Å². The normalized spacial score (nSPS) is 32.2. The first kappa shape index (κ1) is 9.01. The van der Waals surface area contributed by atoms with Crippen LogP contribution in [-0.4, -0.2) is 6.04 Å². The molecule has 2 heteroatoms. The summed E-state index contributed by atoms with van der Waals surface area (Å²) in [5.74, 6) is 6.32. The predicted molar refractivity (Wildman–Crippen MR) is 48.0 cm³/mol. The van der Waals surface area contributed by atoms with Crippen LogP contribution >= 0.6 is 0 Å². The Morgan fingerprint density at radius 1 is 1.36 bits per heavy atom. The number of hydrazine groups is 1. The minimum atomic E-state index is 0.601. The van der Waals surface area contributed by atoms with Crippen LogP contribution in [0.25, 0.3) is 0 Å². The molecule has 0 aromatic carbocycles. The van der Waals surface area contributed by atoms with E-state index in [-0.39, 0.29) is 0 Å². The van der Waals surface area contributed by atoms with E-state index in [0.717, 1.165) is 5.92 Å². The van der Waals surface area contributed by atoms with Gasteiger partial charge in [-0.25, -0.2) is 0 Å². The van der Waals surface area contributed by atoms with Crippen molar-refractivity contribution in [2.75, 3.05) is 0 Å². The van der Waals surface area contributed by atoms with E-state index >= 15 is 0 Å². The lowest BCUT2D eigenvalue weighted by Crippen LogP contribution is -2.42. The molecule has 0 saturated heterocycles. The Kier molecular flexibility index (Phi) is 3.87. The topological polar surface area (TPSA) is 38.0 Å². The molecule has 0 radical (unpaired) electrons. The number of nitrogens with one attached hydrogen (secondary N) is 1. The first-order chi connectivity index (χ1) is 5.38. The van der Waals surface area contributed by atoms with Crippen molar-refractivity contribution in [2.45, 2.75) is 51.5 Å². The SMILES string of the molecule is CCCC1CCCCC1NN. The molecular formula is C9H20N2. The quantitative estimate of drug-likeness (QED) is 0.483. The highest BCUT2D eigenvalue weighted by molar-refractivity contribution is 4.78. The van der Waals surface area contributed by atoms with Crippen molar-refractivity contribution in [3.63, 3.8) is 0 Å². The molecule has 0 aromatic heterocycles. The molecule has 1 fully saturated rings. The summed E-state index contributed by atoms with van der Waals surface area (Å²) < 4.78 is 0. The van der Waals surface area contributed by atoms with Crippen molar-refractivity contribution in [1.29, 1.82) is 0 Å². The summed E-state index contributed by atoms with van der Waals surface area (Å²) in [6.45, 7) is 2.25. The van der Waals surface area contributed by atoms with Crippen LogP contribution in [0.3, 0.4) is 0 Å². The zero-order valence-corrected chi connectivity index (χ0v) is 7.47. The molecule has 1 aliphatic rings. The zero-order valence-electron chi connectivity index (χ0n) is 7.47. The number of hydrogen-bond donors (Lipinski definition) is 2. The Bertz CT molecular complexity index is 102. The summed E-state index contributed by atoms with van der Waals surface area (Å²) in [6.07, 6.45) is 8.06. The van der Waals surface area contributed by atoms with Gasteiger partial charge in [-0.2, -0.15) is 0 Å². The summed E-state index contributed by atoms with van der Waals surface area (Å²) in [5, 5.41) is 0. The fraction of sp³-hybridized carbons (Fsp3) is 1.00. The van der Waals surface area contributed by atoms with Crippen molar-refractivity contribution in [3.8, 4) is 0 Å². The van der Waals surface area contributed by atoms with Crippen LogP contribution in [0.5, 0.6) is 0 Å². The van der Waals surface area contributed by atoms with E-state index in [9.17, 15) is 0 Å². The molecule has 2 nitrogen and oxygen atoms in total. The molecule has 2 unspecified atom stereocenters. The molecular weight excluding hydrogens is 136 g/mol. The van der Waals surface area contributed by atoms with Gasteiger partial charge in [-0.05, 0) is 25.2 Å². The third kappa shape index (κ3) is 2.46. The van der Waals surface area contributed by atoms with Crippen LogP contribution in [0.4, 0.5) is 0 Å². The summed E-state index contributed by atoms with van der Waals surface area (Å²) in [5.41, 5.74) is 2.94. The van der Waals surface area contributed by atoms with Gasteiger partial charge in [0, 0.05) is 6.04 Å². The van der Waals surface area contributed by atoms with E-state index < -0.39 is 0 Å². The molecule has 0 bridgehead atoms. The highest BCUT2D eigenvalue weighted by Crippen LogP contribution is 2.27. The molecule has 0 amide bonds. The second-order valence-electron chi connectivity index (χ2n) is 3.61. The molecule has 0 aromatic rings. The van der Waals surface area contributed by atoms with Gasteiger partial charge in [0.15, 0.2) is 0 Å². The van der Waals surface area contributed by atoms with E-state index in [2.05, 4.69) is 12.3 Å². The molecule has 2 atom stereocenters. The fourth-order valence-electron chi connectivity index (χ4n) is 2.14. The number of rotatable bonds is 3. The summed E-state index contributed by atoms with van der Waals surface area (Å²) in [7, 11) is 0. The molecule has 0 aliphatic heterocycles. The maximum Gasteiger partial charge on any atom is 0.0238 e. The van der Waals surface area contributed by atoms with Crippen LogP contribution in [0.1, 0.15) is 45.4 Å². The molecule has 1 saturated carbocycles. The van der Waals surface area contributed by atoms with Crippen molar-refractivity contribution < 1.29 is 0 Å². The number of nitrogens with two attached hydrogens (primary N) is 1. The molecule has 1 aliphatic carbocycles. The van der Waals surface area contributed by atoms with Gasteiger partial charge in [0.25, 0.3) is 0 Å². The van der Waals surface area contributed by atoms with E-state index in [4.69, 9.17) is 5.84 Å². The fourth-order valence-corrected chi connectivity index (χ4v) is 2.14. The lowest BCUT2D eigenvalue weighted by molar-refractivity contribution is 0.250. The van der Waals surface area contributed by atoms with Crippen LogP contribution in [-0.2, 0) is 0 Å². The van der Waals surface area contributed by atoms with Crippen LogP contribution in [0, 0.1) is 5.92 Å². The maximum atomic E-state index is 5.47. The standard InChI is InChI=1S/C9H20N2/c1-2-5-8-6-3-4-7-9(8)11-10/h8-9,11H,2-7,10H2,1H3. The second kappa shape index (κ2) is 4.73. The van der Waals surface area contributed by atoms with Gasteiger partial charge in [-0.1, -0.05) is 26.2 Å². The average molecular weight is 156 g/mol. The molecule has 11 heavy (non-hydrogen) atoms. The molecule has 1 rings (SSSR count). The molecule has 66 valence electrons. The second-order valence-corrected chi connectivity index (χ2v) is 3.61. The van der Waals surface area contributed by atoms with Crippen molar-refractivity contribution in [2.24, 2.45) is 11.8 Å². The maximum absolute atomic E-state index is 5.47. The Morgan fingerprint density at radius 2 is 2.09 bits per heavy atom. The summed E-state index contributed by atoms with van der Waals surface area (Å²) >= 11 is 0. The zero-order chi connectivity index (χ0) is 8.10. The predicted octanol–water partition coefficient (Wildman–Crippen LogP) is 1.81. The van der Waals surface area contributed by atoms with Gasteiger partial charge >= 0.3 is 0 Å². The first-order valence-corrected chi connectivity index (χ1v) is 4.84. The highest BCUT2D eigenvalue weighted by Gasteiger charge is 2.22. The van der Waals surface area contributed by atoms with Crippen molar-refractivity contribution in [3.05, 3.63) is 0 Å². The molecule has 3 N–H and O–H groups in total. The minimum Gasteiger partial charge on any atom is -0.271 e. The van der Waals surface area contributed by atoms with E-state index in [1.54, 1.807) is 0 Å². The number of hydrogen-bond acceptors (Lipinski definition) is 2. The largest absolute Gasteiger partial charge is 0.271 e. The van der Waals surface area contributed by atoms with Crippen molar-refractivity contribution in [1.82, 2.24) is 5.43 Å². The monoisotopic (exact) mass is 156 g/mol. The Balaban J connectivity index is 2.31. The average Bonchev–Trinajstić information content (AvgIpc) is 2.06. The highest BCUT2D eigenvalue weighted by atomic mass is 15.2. The Labute approximate surface area is 69.5 Å². The first-order valence-electron chi connectivity index (χ1n) is 4.84. The van der Waals surface area contributed by atoms with Crippen LogP contribution < -0.4 is 11.3 Å². The molecule has 0 spiro atoms. The Morgan fingerprint density at radius 3 is 2.73 bits per heavy atom. The molecule has 0 heterocycles. The van der Waals surface area contributed by atoms with Gasteiger partial charge in [0.2, 0.25) is 0 Å². The van der Waals surface area contributed by atoms with Gasteiger partial charge in [0.1, 0.15) is 0 Å². The smallest absolute Gasteiger partial charge is 0.0238 e. The van der Waals surface area contributed by atoms with Crippen LogP contribution in [0.2, 0.25) is 0 Å². The van der Waals surface area contributed by atoms with E-state index in [0.29, 0.717) is 6.04 Å². The van der Waals surface area contributed by atoms with Gasteiger partial charge in [0.05, 0.1) is 0 Å². The van der Waals surface area contributed by atoms with E-state index in [1.165, 1.54) is 38.5 Å². The lowest BCUT2D eigenvalue weighted by atomic mass is 9.82. The minimum absolute atomic E-state index is 0.601. The third-order valence-electron chi connectivity index (χ3n) is 2.78. The van der Waals surface area contributed by atoms with Crippen molar-refractivity contribution >= 4 is 0 Å². The van der Waals surface area contributed by atoms with Gasteiger partial charge in [-0.3, -0.25) is 11.3 Å². The van der Waals surface area contributed by atoms with Gasteiger partial charge in [-0.15, -0.1) is 0 Å².